The van der Waals surface area contributed by atoms with E-state index in [4.69, 9.17) is 4.74 Å². The van der Waals surface area contributed by atoms with Gasteiger partial charge in [-0.25, -0.2) is 4.79 Å². The summed E-state index contributed by atoms with van der Waals surface area (Å²) in [6.45, 7) is 3.48. The third-order valence-electron chi connectivity index (χ3n) is 3.00. The van der Waals surface area contributed by atoms with E-state index in [9.17, 15) is 19.5 Å². The van der Waals surface area contributed by atoms with Gasteiger partial charge in [-0.3, -0.25) is 9.59 Å². The average molecular weight is 372 g/mol. The molecule has 0 saturated heterocycles. The molecule has 0 unspecified atom stereocenters. The Morgan fingerprint density at radius 2 is 2.05 bits per heavy atom. The minimum Gasteiger partial charge on any atom is -0.480 e. The van der Waals surface area contributed by atoms with Crippen molar-refractivity contribution < 1.29 is 24.2 Å². The summed E-state index contributed by atoms with van der Waals surface area (Å²) >= 11 is 3.25. The topological polar surface area (TPSA) is 92.7 Å². The van der Waals surface area contributed by atoms with E-state index in [0.29, 0.717) is 10.0 Å². The number of carboxylic acid groups (broad SMARTS) is 1. The van der Waals surface area contributed by atoms with Gasteiger partial charge in [-0.05, 0) is 31.0 Å². The first-order valence-corrected chi connectivity index (χ1v) is 7.59. The molecule has 22 heavy (non-hydrogen) atoms. The number of hydrogen-bond donors (Lipinski definition) is 2. The highest BCUT2D eigenvalue weighted by molar-refractivity contribution is 9.10. The summed E-state index contributed by atoms with van der Waals surface area (Å²) in [5, 5.41) is 11.7. The largest absolute Gasteiger partial charge is 0.480 e. The van der Waals surface area contributed by atoms with E-state index in [2.05, 4.69) is 21.2 Å². The summed E-state index contributed by atoms with van der Waals surface area (Å²) in [5.41, 5.74) is 0.337. The number of halogens is 1. The standard InChI is InChI=1S/C15H18BrNO5/c1-3-22-12(18)7-9(2)13(15(20)21)17-14(19)10-5-4-6-11(16)8-10/h4-6,8-9,13H,3,7H2,1-2H3,(H,17,19)(H,20,21)/t9-,13-/m0/s1. The normalized spacial score (nSPS) is 13.0. The molecule has 7 heteroatoms. The first kappa shape index (κ1) is 18.2. The summed E-state index contributed by atoms with van der Waals surface area (Å²) in [7, 11) is 0. The molecular weight excluding hydrogens is 354 g/mol. The molecular formula is C15H18BrNO5. The number of hydrogen-bond acceptors (Lipinski definition) is 4. The van der Waals surface area contributed by atoms with E-state index in [0.717, 1.165) is 0 Å². The summed E-state index contributed by atoms with van der Waals surface area (Å²) in [6, 6.07) is 5.43. The van der Waals surface area contributed by atoms with Gasteiger partial charge in [0.2, 0.25) is 0 Å². The zero-order valence-corrected chi connectivity index (χ0v) is 13.9. The van der Waals surface area contributed by atoms with Gasteiger partial charge in [-0.1, -0.05) is 28.9 Å². The van der Waals surface area contributed by atoms with E-state index >= 15 is 0 Å². The smallest absolute Gasteiger partial charge is 0.326 e. The third-order valence-corrected chi connectivity index (χ3v) is 3.50. The number of rotatable bonds is 7. The maximum Gasteiger partial charge on any atom is 0.326 e. The number of carboxylic acids is 1. The van der Waals surface area contributed by atoms with E-state index in [-0.39, 0.29) is 13.0 Å². The van der Waals surface area contributed by atoms with Crippen LogP contribution in [0, 0.1) is 5.92 Å². The van der Waals surface area contributed by atoms with E-state index in [1.54, 1.807) is 38.1 Å². The quantitative estimate of drug-likeness (QED) is 0.716. The van der Waals surface area contributed by atoms with Crippen LogP contribution in [0.15, 0.2) is 28.7 Å². The Kier molecular flexibility index (Phi) is 7.04. The predicted molar refractivity (Wildman–Crippen MR) is 83.4 cm³/mol. The lowest BCUT2D eigenvalue weighted by Crippen LogP contribution is -2.45. The van der Waals surface area contributed by atoms with Crippen LogP contribution >= 0.6 is 15.9 Å². The summed E-state index contributed by atoms with van der Waals surface area (Å²) in [6.07, 6.45) is -0.0798. The van der Waals surface area contributed by atoms with Crippen molar-refractivity contribution in [1.82, 2.24) is 5.32 Å². The van der Waals surface area contributed by atoms with Gasteiger partial charge in [0.1, 0.15) is 6.04 Å². The van der Waals surface area contributed by atoms with Crippen LogP contribution in [0.2, 0.25) is 0 Å². The van der Waals surface area contributed by atoms with Gasteiger partial charge in [0.25, 0.3) is 5.91 Å². The lowest BCUT2D eigenvalue weighted by molar-refractivity contribution is -0.145. The Bertz CT molecular complexity index is 561. The Hall–Kier alpha value is -1.89. The molecule has 0 spiro atoms. The van der Waals surface area contributed by atoms with Crippen molar-refractivity contribution >= 4 is 33.8 Å². The molecule has 1 aromatic carbocycles. The van der Waals surface area contributed by atoms with Crippen molar-refractivity contribution in [2.24, 2.45) is 5.92 Å². The number of carbonyl (C=O) groups excluding carboxylic acids is 2. The Morgan fingerprint density at radius 1 is 1.36 bits per heavy atom. The van der Waals surface area contributed by atoms with Gasteiger partial charge < -0.3 is 15.2 Å². The molecule has 0 heterocycles. The minimum atomic E-state index is -1.19. The molecule has 0 aliphatic rings. The number of nitrogens with one attached hydrogen (secondary N) is 1. The molecule has 0 fully saturated rings. The fourth-order valence-electron chi connectivity index (χ4n) is 1.90. The van der Waals surface area contributed by atoms with Crippen LogP contribution in [0.4, 0.5) is 0 Å². The highest BCUT2D eigenvalue weighted by Crippen LogP contribution is 2.14. The zero-order chi connectivity index (χ0) is 16.7. The van der Waals surface area contributed by atoms with Gasteiger partial charge in [-0.15, -0.1) is 0 Å². The Morgan fingerprint density at radius 3 is 2.59 bits per heavy atom. The van der Waals surface area contributed by atoms with Crippen molar-refractivity contribution in [3.63, 3.8) is 0 Å². The van der Waals surface area contributed by atoms with Gasteiger partial charge >= 0.3 is 11.9 Å². The molecule has 0 radical (unpaired) electrons. The Balaban J connectivity index is 2.77. The number of carbonyl (C=O) groups is 3. The van der Waals surface area contributed by atoms with Crippen LogP contribution in [0.5, 0.6) is 0 Å². The number of amides is 1. The second kappa shape index (κ2) is 8.53. The maximum absolute atomic E-state index is 12.1. The van der Waals surface area contributed by atoms with Gasteiger partial charge in [-0.2, -0.15) is 0 Å². The van der Waals surface area contributed by atoms with Crippen molar-refractivity contribution in [3.8, 4) is 0 Å². The molecule has 1 aromatic rings. The SMILES string of the molecule is CCOC(=O)C[C@H](C)[C@H](NC(=O)c1cccc(Br)c1)C(=O)O. The molecule has 1 amide bonds. The lowest BCUT2D eigenvalue weighted by Gasteiger charge is -2.20. The molecule has 0 bridgehead atoms. The maximum atomic E-state index is 12.1. The van der Waals surface area contributed by atoms with E-state index in [1.807, 2.05) is 0 Å². The lowest BCUT2D eigenvalue weighted by atomic mass is 9.98. The first-order chi connectivity index (χ1) is 10.3. The highest BCUT2D eigenvalue weighted by Gasteiger charge is 2.29. The van der Waals surface area contributed by atoms with E-state index in [1.165, 1.54) is 0 Å². The second-order valence-corrected chi connectivity index (χ2v) is 5.70. The number of esters is 1. The molecule has 1 rings (SSSR count). The van der Waals surface area contributed by atoms with Crippen LogP contribution < -0.4 is 5.32 Å². The zero-order valence-electron chi connectivity index (χ0n) is 12.3. The summed E-state index contributed by atoms with van der Waals surface area (Å²) in [4.78, 5) is 34.9. The minimum absolute atomic E-state index is 0.0798. The fraction of sp³-hybridized carbons (Fsp3) is 0.400. The second-order valence-electron chi connectivity index (χ2n) is 4.79. The van der Waals surface area contributed by atoms with Crippen molar-refractivity contribution in [2.75, 3.05) is 6.61 Å². The van der Waals surface area contributed by atoms with Gasteiger partial charge in [0, 0.05) is 10.0 Å². The monoisotopic (exact) mass is 371 g/mol. The molecule has 0 aliphatic heterocycles. The van der Waals surface area contributed by atoms with Crippen molar-refractivity contribution in [2.45, 2.75) is 26.3 Å². The van der Waals surface area contributed by atoms with Crippen LogP contribution in [0.25, 0.3) is 0 Å². The number of ether oxygens (including phenoxy) is 1. The molecule has 0 aromatic heterocycles. The van der Waals surface area contributed by atoms with Crippen molar-refractivity contribution in [3.05, 3.63) is 34.3 Å². The first-order valence-electron chi connectivity index (χ1n) is 6.80. The van der Waals surface area contributed by atoms with Crippen LogP contribution in [-0.4, -0.2) is 35.6 Å². The van der Waals surface area contributed by atoms with Gasteiger partial charge in [0.15, 0.2) is 0 Å². The van der Waals surface area contributed by atoms with Crippen LogP contribution in [-0.2, 0) is 14.3 Å². The van der Waals surface area contributed by atoms with Gasteiger partial charge in [0.05, 0.1) is 13.0 Å². The number of aliphatic carboxylic acids is 1. The van der Waals surface area contributed by atoms with Crippen LogP contribution in [0.3, 0.4) is 0 Å². The molecule has 6 nitrogen and oxygen atoms in total. The number of benzene rings is 1. The molecule has 120 valence electrons. The molecule has 0 saturated carbocycles. The summed E-state index contributed by atoms with van der Waals surface area (Å²) in [5.74, 6) is -2.78. The average Bonchev–Trinajstić information content (AvgIpc) is 2.44. The highest BCUT2D eigenvalue weighted by atomic mass is 79.9. The van der Waals surface area contributed by atoms with Crippen molar-refractivity contribution in [1.29, 1.82) is 0 Å². The molecule has 2 atom stereocenters. The fourth-order valence-corrected chi connectivity index (χ4v) is 2.30. The third kappa shape index (κ3) is 5.48. The molecule has 0 aliphatic carbocycles. The van der Waals surface area contributed by atoms with Crippen LogP contribution in [0.1, 0.15) is 30.6 Å². The van der Waals surface area contributed by atoms with E-state index < -0.39 is 29.8 Å². The molecule has 2 N–H and O–H groups in total. The predicted octanol–water partition coefficient (Wildman–Crippen LogP) is 2.22. The Labute approximate surface area is 137 Å². The summed E-state index contributed by atoms with van der Waals surface area (Å²) < 4.78 is 5.51.